The average Bonchev–Trinajstić information content (AvgIpc) is 0.914. The SMILES string of the molecule is CC/C=C\C/C=C\C/C=C\C/C=C\C/C=C\C/C=C\C/C=C\C/C=C\C/C=C\C/C=C\CCCCCCCCCCC(=O)OC(COC(=O)CCCCCCCCCCCCCCCCCCC/C=C\C/C=C\C/C=C\C/C=C\C/C=C\C/C=C\C/C=C\CC)COP(=O)(O)OCC[N+](C)(C)C. The number of quaternary nitrogens is 1. The van der Waals surface area contributed by atoms with E-state index < -0.39 is 26.5 Å². The normalized spacial score (nSPS) is 14.1. The lowest BCUT2D eigenvalue weighted by Crippen LogP contribution is -2.37. The lowest BCUT2D eigenvalue weighted by molar-refractivity contribution is -0.870. The number of phosphoric acid groups is 1. The maximum absolute atomic E-state index is 12.9. The number of hydrogen-bond donors (Lipinski definition) is 1. The fraction of sp³-hybridized carbons (Fsp3) is 0.609. The molecule has 0 spiro atoms. The molecule has 0 aromatic heterocycles. The molecule has 576 valence electrons. The predicted molar refractivity (Wildman–Crippen MR) is 445 cm³/mol. The van der Waals surface area contributed by atoms with E-state index in [9.17, 15) is 19.0 Å². The monoisotopic (exact) mass is 1430 g/mol. The van der Waals surface area contributed by atoms with Crippen LogP contribution in [-0.4, -0.2) is 74.9 Å². The molecule has 102 heavy (non-hydrogen) atoms. The van der Waals surface area contributed by atoms with Crippen LogP contribution in [-0.2, 0) is 32.7 Å². The summed E-state index contributed by atoms with van der Waals surface area (Å²) in [7, 11) is 1.46. The van der Waals surface area contributed by atoms with Gasteiger partial charge in [0.2, 0.25) is 0 Å². The van der Waals surface area contributed by atoms with E-state index >= 15 is 0 Å². The smallest absolute Gasteiger partial charge is 0.462 e. The number of ether oxygens (including phenoxy) is 2. The van der Waals surface area contributed by atoms with E-state index in [0.29, 0.717) is 17.4 Å². The molecule has 0 aromatic rings. The maximum Gasteiger partial charge on any atom is 0.472 e. The van der Waals surface area contributed by atoms with Crippen LogP contribution < -0.4 is 0 Å². The molecule has 0 bridgehead atoms. The van der Waals surface area contributed by atoms with Gasteiger partial charge in [0.1, 0.15) is 19.8 Å². The number of carbonyl (C=O) groups is 2. The summed E-state index contributed by atoms with van der Waals surface area (Å²) in [6.45, 7) is 4.19. The molecule has 2 unspecified atom stereocenters. The molecule has 0 saturated heterocycles. The van der Waals surface area contributed by atoms with Crippen molar-refractivity contribution in [1.29, 1.82) is 0 Å². The summed E-state index contributed by atoms with van der Waals surface area (Å²) in [6, 6.07) is 0. The highest BCUT2D eigenvalue weighted by molar-refractivity contribution is 7.47. The molecular weight excluding hydrogens is 1280 g/mol. The summed E-state index contributed by atoms with van der Waals surface area (Å²) < 4.78 is 34.8. The van der Waals surface area contributed by atoms with Crippen LogP contribution in [0.5, 0.6) is 0 Å². The zero-order valence-electron chi connectivity index (χ0n) is 65.8. The topological polar surface area (TPSA) is 108 Å². The van der Waals surface area contributed by atoms with Crippen molar-refractivity contribution in [3.8, 4) is 0 Å². The molecule has 0 saturated carbocycles. The van der Waals surface area contributed by atoms with Crippen LogP contribution in [0.25, 0.3) is 0 Å². The third-order valence-corrected chi connectivity index (χ3v) is 17.8. The first-order valence-electron chi connectivity index (χ1n) is 40.8. The van der Waals surface area contributed by atoms with Crippen molar-refractivity contribution in [3.05, 3.63) is 207 Å². The standard InChI is InChI=1S/C92H150NO8P/c1-6-8-10-12-14-16-18-20-22-24-26-28-30-32-34-36-38-40-42-44-46-48-50-52-54-56-58-60-62-64-66-68-70-72-74-76-78-80-82-84-91(94)98-88-90(89-100-102(96,97)99-87-86-93(3,4)5)101-92(95)85-83-81-79-77-75-73-71-69-67-65-63-61-59-57-55-53-51-49-47-45-43-41-39-37-35-33-31-29-27-25-23-21-19-17-15-13-11-9-7-2/h8-11,14-17,20-23,26-29,32-35,38-41,44-47,51,53,57,59,63,65,90H,6-7,12-13,18-19,24-25,30-31,36-37,42-43,48-50,52,54-56,58,60-62,64,66-89H2,1-5H3/p+1/b10-8-,11-9-,16-14-,17-15-,22-20-,23-21-,28-26-,29-27-,34-32-,35-33-,40-38-,41-39-,46-44-,47-45-,53-51-,59-57-,65-63-. The quantitative estimate of drug-likeness (QED) is 0.0211. The molecule has 1 N–H and O–H groups in total. The molecule has 0 amide bonds. The van der Waals surface area contributed by atoms with E-state index in [2.05, 4.69) is 220 Å². The number of hydrogen-bond acceptors (Lipinski definition) is 7. The molecule has 0 aromatic carbocycles. The Labute approximate surface area is 627 Å². The Morgan fingerprint density at radius 3 is 0.784 bits per heavy atom. The Bertz CT molecular complexity index is 2480. The number of phosphoric ester groups is 1. The van der Waals surface area contributed by atoms with Crippen molar-refractivity contribution in [1.82, 2.24) is 0 Å². The van der Waals surface area contributed by atoms with E-state index in [4.69, 9.17) is 18.5 Å². The van der Waals surface area contributed by atoms with Gasteiger partial charge in [-0.05, 0) is 148 Å². The van der Waals surface area contributed by atoms with E-state index in [0.717, 1.165) is 154 Å². The average molecular weight is 1430 g/mol. The molecule has 0 radical (unpaired) electrons. The summed E-state index contributed by atoms with van der Waals surface area (Å²) >= 11 is 0. The Morgan fingerprint density at radius 2 is 0.529 bits per heavy atom. The highest BCUT2D eigenvalue weighted by Gasteiger charge is 2.27. The summed E-state index contributed by atoms with van der Waals surface area (Å²) in [5.74, 6) is -0.811. The van der Waals surface area contributed by atoms with Crippen LogP contribution in [0.4, 0.5) is 0 Å². The third-order valence-electron chi connectivity index (χ3n) is 16.8. The molecule has 9 nitrogen and oxygen atoms in total. The number of allylic oxidation sites excluding steroid dienone is 34. The first-order valence-corrected chi connectivity index (χ1v) is 42.3. The van der Waals surface area contributed by atoms with Crippen LogP contribution in [0.3, 0.4) is 0 Å². The van der Waals surface area contributed by atoms with E-state index in [-0.39, 0.29) is 32.0 Å². The minimum absolute atomic E-state index is 0.0214. The minimum Gasteiger partial charge on any atom is -0.462 e. The van der Waals surface area contributed by atoms with Crippen LogP contribution in [0.2, 0.25) is 0 Å². The number of rotatable bonds is 73. The summed E-state index contributed by atoms with van der Waals surface area (Å²) in [5.41, 5.74) is 0. The van der Waals surface area contributed by atoms with Gasteiger partial charge in [-0.2, -0.15) is 0 Å². The van der Waals surface area contributed by atoms with Gasteiger partial charge in [-0.3, -0.25) is 18.6 Å². The van der Waals surface area contributed by atoms with Gasteiger partial charge in [0, 0.05) is 12.8 Å². The molecule has 0 heterocycles. The number of nitrogens with zero attached hydrogens (tertiary/aromatic N) is 1. The second-order valence-electron chi connectivity index (χ2n) is 27.7. The first-order chi connectivity index (χ1) is 50.0. The zero-order valence-corrected chi connectivity index (χ0v) is 66.7. The van der Waals surface area contributed by atoms with E-state index in [1.165, 1.54) is 122 Å². The Morgan fingerprint density at radius 1 is 0.304 bits per heavy atom. The van der Waals surface area contributed by atoms with Crippen molar-refractivity contribution >= 4 is 19.8 Å². The third kappa shape index (κ3) is 83.5. The Balaban J connectivity index is 4.05. The Hall–Kier alpha value is -5.41. The van der Waals surface area contributed by atoms with Gasteiger partial charge in [-0.15, -0.1) is 0 Å². The van der Waals surface area contributed by atoms with Crippen molar-refractivity contribution in [2.24, 2.45) is 0 Å². The summed E-state index contributed by atoms with van der Waals surface area (Å²) in [5, 5.41) is 0. The fourth-order valence-electron chi connectivity index (χ4n) is 10.7. The van der Waals surface area contributed by atoms with Gasteiger partial charge in [0.15, 0.2) is 6.10 Å². The lowest BCUT2D eigenvalue weighted by Gasteiger charge is -2.24. The number of carbonyl (C=O) groups excluding carboxylic acids is 2. The van der Waals surface area contributed by atoms with Crippen LogP contribution in [0.1, 0.15) is 309 Å². The minimum atomic E-state index is -4.41. The van der Waals surface area contributed by atoms with Crippen LogP contribution in [0, 0.1) is 0 Å². The molecule has 10 heteroatoms. The fourth-order valence-corrected chi connectivity index (χ4v) is 11.4. The largest absolute Gasteiger partial charge is 0.472 e. The second-order valence-corrected chi connectivity index (χ2v) is 29.1. The molecule has 0 aliphatic rings. The molecule has 2 atom stereocenters. The van der Waals surface area contributed by atoms with Crippen molar-refractivity contribution in [2.75, 3.05) is 47.5 Å². The zero-order chi connectivity index (χ0) is 74.0. The number of unbranched alkanes of at least 4 members (excludes halogenated alkanes) is 25. The van der Waals surface area contributed by atoms with Gasteiger partial charge < -0.3 is 18.9 Å². The van der Waals surface area contributed by atoms with Crippen LogP contribution >= 0.6 is 7.82 Å². The molecule has 0 aliphatic carbocycles. The highest BCUT2D eigenvalue weighted by atomic mass is 31.2. The van der Waals surface area contributed by atoms with Gasteiger partial charge in [0.05, 0.1) is 27.7 Å². The molecule has 0 rings (SSSR count). The lowest BCUT2D eigenvalue weighted by atomic mass is 10.0. The van der Waals surface area contributed by atoms with Gasteiger partial charge >= 0.3 is 19.8 Å². The van der Waals surface area contributed by atoms with Crippen LogP contribution in [0.15, 0.2) is 207 Å². The number of likely N-dealkylation sites (N-methyl/N-ethyl adjacent to an activating group) is 1. The van der Waals surface area contributed by atoms with E-state index in [1.807, 2.05) is 21.1 Å². The number of esters is 2. The molecular formula is C92H151NO8P+. The Kier molecular flexibility index (Phi) is 75.5. The van der Waals surface area contributed by atoms with Gasteiger partial charge in [0.25, 0.3) is 0 Å². The van der Waals surface area contributed by atoms with Crippen molar-refractivity contribution in [2.45, 2.75) is 315 Å². The molecule has 0 aliphatic heterocycles. The first kappa shape index (κ1) is 96.6. The van der Waals surface area contributed by atoms with E-state index in [1.54, 1.807) is 0 Å². The second kappa shape index (κ2) is 79.7. The van der Waals surface area contributed by atoms with Crippen molar-refractivity contribution in [3.63, 3.8) is 0 Å². The van der Waals surface area contributed by atoms with Crippen molar-refractivity contribution < 1.29 is 42.1 Å². The summed E-state index contributed by atoms with van der Waals surface area (Å²) in [6.07, 6.45) is 125. The van der Waals surface area contributed by atoms with Gasteiger partial charge in [-0.1, -0.05) is 355 Å². The highest BCUT2D eigenvalue weighted by Crippen LogP contribution is 2.43. The molecule has 0 fully saturated rings. The maximum atomic E-state index is 12.9. The predicted octanol–water partition coefficient (Wildman–Crippen LogP) is 27.7. The summed E-state index contributed by atoms with van der Waals surface area (Å²) in [4.78, 5) is 36.0. The van der Waals surface area contributed by atoms with Gasteiger partial charge in [-0.25, -0.2) is 4.57 Å².